The van der Waals surface area contributed by atoms with Crippen molar-refractivity contribution in [2.24, 2.45) is 11.8 Å². The van der Waals surface area contributed by atoms with Crippen molar-refractivity contribution in [3.05, 3.63) is 0 Å². The van der Waals surface area contributed by atoms with Gasteiger partial charge in [0.25, 0.3) is 0 Å². The Balaban J connectivity index is 2.15. The van der Waals surface area contributed by atoms with Gasteiger partial charge in [-0.3, -0.25) is 0 Å². The lowest BCUT2D eigenvalue weighted by Gasteiger charge is -2.28. The summed E-state index contributed by atoms with van der Waals surface area (Å²) >= 11 is 0. The summed E-state index contributed by atoms with van der Waals surface area (Å²) in [6.07, 6.45) is 4.12. The first-order valence-corrected chi connectivity index (χ1v) is 5.20. The lowest BCUT2D eigenvalue weighted by Crippen LogP contribution is -2.34. The summed E-state index contributed by atoms with van der Waals surface area (Å²) in [5.41, 5.74) is 0. The van der Waals surface area contributed by atoms with Gasteiger partial charge >= 0.3 is 0 Å². The fourth-order valence-electron chi connectivity index (χ4n) is 1.97. The van der Waals surface area contributed by atoms with Crippen LogP contribution in [0.5, 0.6) is 0 Å². The number of nitrogens with one attached hydrogen (secondary N) is 2. The summed E-state index contributed by atoms with van der Waals surface area (Å²) in [4.78, 5) is 0. The fourth-order valence-corrected chi connectivity index (χ4v) is 1.97. The lowest BCUT2D eigenvalue weighted by atomic mass is 9.85. The molecule has 2 N–H and O–H groups in total. The van der Waals surface area contributed by atoms with Crippen LogP contribution in [-0.4, -0.2) is 26.7 Å². The summed E-state index contributed by atoms with van der Waals surface area (Å²) in [7, 11) is 2.03. The van der Waals surface area contributed by atoms with Gasteiger partial charge in [-0.1, -0.05) is 6.92 Å². The van der Waals surface area contributed by atoms with Gasteiger partial charge in [0.05, 0.1) is 0 Å². The highest BCUT2D eigenvalue weighted by Gasteiger charge is 2.18. The molecule has 2 nitrogen and oxygen atoms in total. The van der Waals surface area contributed by atoms with E-state index in [1.165, 1.54) is 32.4 Å². The zero-order valence-corrected chi connectivity index (χ0v) is 8.40. The van der Waals surface area contributed by atoms with Crippen molar-refractivity contribution in [3.63, 3.8) is 0 Å². The van der Waals surface area contributed by atoms with Gasteiger partial charge in [0.2, 0.25) is 0 Å². The minimum atomic E-state index is 0.880. The van der Waals surface area contributed by atoms with E-state index in [1.54, 1.807) is 0 Å². The highest BCUT2D eigenvalue weighted by Crippen LogP contribution is 2.21. The second-order valence-corrected chi connectivity index (χ2v) is 3.98. The average Bonchev–Trinajstić information content (AvgIpc) is 2.15. The standard InChI is InChI=1S/C10H22N2/c1-9(5-7-11-2)10-4-3-6-12-8-10/h9-12H,3-8H2,1-2H3. The molecule has 0 aromatic rings. The van der Waals surface area contributed by atoms with Crippen molar-refractivity contribution < 1.29 is 0 Å². The molecule has 12 heavy (non-hydrogen) atoms. The second kappa shape index (κ2) is 5.55. The molecule has 0 spiro atoms. The molecular weight excluding hydrogens is 148 g/mol. The molecule has 0 aromatic carbocycles. The van der Waals surface area contributed by atoms with Crippen molar-refractivity contribution >= 4 is 0 Å². The van der Waals surface area contributed by atoms with Crippen molar-refractivity contribution in [3.8, 4) is 0 Å². The molecule has 2 unspecified atom stereocenters. The van der Waals surface area contributed by atoms with Crippen LogP contribution in [0, 0.1) is 11.8 Å². The van der Waals surface area contributed by atoms with Crippen molar-refractivity contribution in [2.45, 2.75) is 26.2 Å². The third-order valence-corrected chi connectivity index (χ3v) is 2.99. The quantitative estimate of drug-likeness (QED) is 0.663. The highest BCUT2D eigenvalue weighted by molar-refractivity contribution is 4.74. The molecule has 0 bridgehead atoms. The van der Waals surface area contributed by atoms with Crippen LogP contribution in [0.2, 0.25) is 0 Å². The van der Waals surface area contributed by atoms with Crippen LogP contribution in [0.25, 0.3) is 0 Å². The molecule has 1 saturated heterocycles. The molecule has 1 aliphatic rings. The zero-order valence-electron chi connectivity index (χ0n) is 8.40. The summed E-state index contributed by atoms with van der Waals surface area (Å²) in [5.74, 6) is 1.80. The predicted octanol–water partition coefficient (Wildman–Crippen LogP) is 1.23. The molecule has 0 aliphatic carbocycles. The van der Waals surface area contributed by atoms with Gasteiger partial charge in [0.15, 0.2) is 0 Å². The normalized spacial score (nSPS) is 27.0. The van der Waals surface area contributed by atoms with E-state index in [1.807, 2.05) is 7.05 Å². The van der Waals surface area contributed by atoms with E-state index in [2.05, 4.69) is 17.6 Å². The number of hydrogen-bond acceptors (Lipinski definition) is 2. The van der Waals surface area contributed by atoms with Gasteiger partial charge in [0.1, 0.15) is 0 Å². The topological polar surface area (TPSA) is 24.1 Å². The van der Waals surface area contributed by atoms with Gasteiger partial charge in [-0.2, -0.15) is 0 Å². The van der Waals surface area contributed by atoms with Gasteiger partial charge in [-0.25, -0.2) is 0 Å². The monoisotopic (exact) mass is 170 g/mol. The van der Waals surface area contributed by atoms with Crippen LogP contribution >= 0.6 is 0 Å². The number of piperidine rings is 1. The fraction of sp³-hybridized carbons (Fsp3) is 1.00. The molecule has 0 saturated carbocycles. The third-order valence-electron chi connectivity index (χ3n) is 2.99. The molecule has 2 heteroatoms. The molecular formula is C10H22N2. The van der Waals surface area contributed by atoms with E-state index >= 15 is 0 Å². The summed E-state index contributed by atoms with van der Waals surface area (Å²) in [5, 5.41) is 6.69. The van der Waals surface area contributed by atoms with Crippen molar-refractivity contribution in [1.82, 2.24) is 10.6 Å². The molecule has 1 aliphatic heterocycles. The van der Waals surface area contributed by atoms with Crippen LogP contribution in [0.3, 0.4) is 0 Å². The molecule has 1 fully saturated rings. The molecule has 72 valence electrons. The van der Waals surface area contributed by atoms with E-state index in [4.69, 9.17) is 0 Å². The van der Waals surface area contributed by atoms with Crippen LogP contribution in [0.15, 0.2) is 0 Å². The SMILES string of the molecule is CNCCC(C)C1CCCNC1. The zero-order chi connectivity index (χ0) is 8.81. The predicted molar refractivity (Wildman–Crippen MR) is 53.3 cm³/mol. The Hall–Kier alpha value is -0.0800. The maximum atomic E-state index is 3.47. The minimum absolute atomic E-state index is 0.880. The van der Waals surface area contributed by atoms with E-state index in [0.29, 0.717) is 0 Å². The average molecular weight is 170 g/mol. The molecule has 0 amide bonds. The first-order chi connectivity index (χ1) is 5.84. The number of hydrogen-bond donors (Lipinski definition) is 2. The summed E-state index contributed by atoms with van der Waals surface area (Å²) in [6.45, 7) is 6.02. The summed E-state index contributed by atoms with van der Waals surface area (Å²) in [6, 6.07) is 0. The maximum absolute atomic E-state index is 3.47. The Morgan fingerprint density at radius 3 is 3.00 bits per heavy atom. The number of rotatable bonds is 4. The van der Waals surface area contributed by atoms with Crippen LogP contribution in [-0.2, 0) is 0 Å². The van der Waals surface area contributed by atoms with Gasteiger partial charge in [-0.15, -0.1) is 0 Å². The van der Waals surface area contributed by atoms with E-state index < -0.39 is 0 Å². The lowest BCUT2D eigenvalue weighted by molar-refractivity contribution is 0.267. The smallest absolute Gasteiger partial charge is 0.00180 e. The minimum Gasteiger partial charge on any atom is -0.320 e. The first kappa shape index (κ1) is 10.0. The summed E-state index contributed by atoms with van der Waals surface area (Å²) < 4.78 is 0. The Kier molecular flexibility index (Phi) is 4.62. The Bertz CT molecular complexity index is 108. The van der Waals surface area contributed by atoms with Crippen LogP contribution in [0.1, 0.15) is 26.2 Å². The molecule has 0 aromatic heterocycles. The van der Waals surface area contributed by atoms with E-state index in [9.17, 15) is 0 Å². The Labute approximate surface area is 76.1 Å². The third kappa shape index (κ3) is 3.11. The van der Waals surface area contributed by atoms with Gasteiger partial charge in [-0.05, 0) is 57.8 Å². The largest absolute Gasteiger partial charge is 0.320 e. The second-order valence-electron chi connectivity index (χ2n) is 3.98. The highest BCUT2D eigenvalue weighted by atomic mass is 14.9. The molecule has 0 radical (unpaired) electrons. The van der Waals surface area contributed by atoms with Gasteiger partial charge < -0.3 is 10.6 Å². The van der Waals surface area contributed by atoms with Gasteiger partial charge in [0, 0.05) is 0 Å². The first-order valence-electron chi connectivity index (χ1n) is 5.20. The van der Waals surface area contributed by atoms with Crippen molar-refractivity contribution in [2.75, 3.05) is 26.7 Å². The van der Waals surface area contributed by atoms with Crippen LogP contribution in [0.4, 0.5) is 0 Å². The van der Waals surface area contributed by atoms with E-state index in [0.717, 1.165) is 18.4 Å². The maximum Gasteiger partial charge on any atom is -0.00180 e. The van der Waals surface area contributed by atoms with Crippen molar-refractivity contribution in [1.29, 1.82) is 0 Å². The van der Waals surface area contributed by atoms with E-state index in [-0.39, 0.29) is 0 Å². The molecule has 1 heterocycles. The molecule has 1 rings (SSSR count). The molecule has 2 atom stereocenters. The van der Waals surface area contributed by atoms with Crippen LogP contribution < -0.4 is 10.6 Å². The Morgan fingerprint density at radius 2 is 2.42 bits per heavy atom. The Morgan fingerprint density at radius 1 is 1.58 bits per heavy atom.